The molecule has 5 nitrogen and oxygen atoms in total. The minimum absolute atomic E-state index is 0.335. The van der Waals surface area contributed by atoms with E-state index in [-0.39, 0.29) is 5.97 Å². The predicted octanol–water partition coefficient (Wildman–Crippen LogP) is 1.78. The summed E-state index contributed by atoms with van der Waals surface area (Å²) in [4.78, 5) is 16.2. The van der Waals surface area contributed by atoms with Gasteiger partial charge in [0.2, 0.25) is 0 Å². The number of hydrogen-bond donors (Lipinski definition) is 2. The summed E-state index contributed by atoms with van der Waals surface area (Å²) in [6.45, 7) is 3.18. The molecule has 0 saturated heterocycles. The molecule has 5 heteroatoms. The summed E-state index contributed by atoms with van der Waals surface area (Å²) in [6.07, 6.45) is 1.54. The van der Waals surface area contributed by atoms with E-state index in [1.165, 1.54) is 0 Å². The molecule has 0 aliphatic rings. The molecule has 0 radical (unpaired) electrons. The molecule has 1 aromatic carbocycles. The van der Waals surface area contributed by atoms with Crippen molar-refractivity contribution in [3.63, 3.8) is 0 Å². The lowest BCUT2D eigenvalue weighted by atomic mass is 10.1. The second-order valence-electron chi connectivity index (χ2n) is 4.00. The van der Waals surface area contributed by atoms with Gasteiger partial charge in [-0.15, -0.1) is 0 Å². The average Bonchev–Trinajstić information content (AvgIpc) is 2.44. The number of anilines is 1. The number of benzene rings is 1. The molecule has 2 aromatic rings. The van der Waals surface area contributed by atoms with E-state index in [0.717, 1.165) is 16.6 Å². The van der Waals surface area contributed by atoms with Crippen LogP contribution in [0.1, 0.15) is 17.3 Å². The Kier molecular flexibility index (Phi) is 4.30. The maximum atomic E-state index is 11.9. The topological polar surface area (TPSA) is 77.2 Å². The summed E-state index contributed by atoms with van der Waals surface area (Å²) in [5.74, 6) is -0.375. The van der Waals surface area contributed by atoms with Crippen LogP contribution in [-0.2, 0) is 4.74 Å². The zero-order chi connectivity index (χ0) is 13.7. The van der Waals surface area contributed by atoms with Gasteiger partial charge >= 0.3 is 5.97 Å². The van der Waals surface area contributed by atoms with Crippen LogP contribution in [0.15, 0.2) is 30.5 Å². The van der Waals surface area contributed by atoms with Crippen LogP contribution in [0, 0.1) is 0 Å². The molecule has 1 aromatic heterocycles. The van der Waals surface area contributed by atoms with E-state index in [0.29, 0.717) is 25.3 Å². The van der Waals surface area contributed by atoms with Crippen molar-refractivity contribution in [2.45, 2.75) is 6.92 Å². The fourth-order valence-electron chi connectivity index (χ4n) is 1.89. The van der Waals surface area contributed by atoms with Crippen LogP contribution in [0.25, 0.3) is 10.9 Å². The van der Waals surface area contributed by atoms with Crippen molar-refractivity contribution in [1.29, 1.82) is 0 Å². The van der Waals surface area contributed by atoms with Crippen molar-refractivity contribution < 1.29 is 9.53 Å². The second-order valence-corrected chi connectivity index (χ2v) is 4.00. The number of aromatic nitrogens is 1. The zero-order valence-corrected chi connectivity index (χ0v) is 10.8. The Hall–Kier alpha value is -2.14. The van der Waals surface area contributed by atoms with Crippen molar-refractivity contribution in [2.24, 2.45) is 5.73 Å². The van der Waals surface area contributed by atoms with Crippen LogP contribution in [0.5, 0.6) is 0 Å². The smallest absolute Gasteiger partial charge is 0.341 e. The fourth-order valence-corrected chi connectivity index (χ4v) is 1.89. The summed E-state index contributed by atoms with van der Waals surface area (Å²) in [6, 6.07) is 7.64. The normalized spacial score (nSPS) is 10.4. The number of para-hydroxylation sites is 1. The number of carbonyl (C=O) groups excluding carboxylic acids is 1. The van der Waals surface area contributed by atoms with Gasteiger partial charge in [-0.3, -0.25) is 4.98 Å². The van der Waals surface area contributed by atoms with Crippen LogP contribution in [0.4, 0.5) is 5.69 Å². The summed E-state index contributed by atoms with van der Waals surface area (Å²) in [5.41, 5.74) is 7.51. The van der Waals surface area contributed by atoms with E-state index in [4.69, 9.17) is 10.5 Å². The van der Waals surface area contributed by atoms with Gasteiger partial charge in [0.1, 0.15) is 5.56 Å². The predicted molar refractivity (Wildman–Crippen MR) is 75.2 cm³/mol. The molecule has 19 heavy (non-hydrogen) atoms. The summed E-state index contributed by atoms with van der Waals surface area (Å²) >= 11 is 0. The van der Waals surface area contributed by atoms with Crippen molar-refractivity contribution in [3.05, 3.63) is 36.0 Å². The number of nitrogens with two attached hydrogens (primary N) is 1. The van der Waals surface area contributed by atoms with Gasteiger partial charge < -0.3 is 15.8 Å². The van der Waals surface area contributed by atoms with Crippen LogP contribution in [0.3, 0.4) is 0 Å². The van der Waals surface area contributed by atoms with Crippen molar-refractivity contribution >= 4 is 22.6 Å². The Morgan fingerprint density at radius 1 is 1.42 bits per heavy atom. The zero-order valence-electron chi connectivity index (χ0n) is 10.8. The van der Waals surface area contributed by atoms with E-state index in [1.807, 2.05) is 24.3 Å². The van der Waals surface area contributed by atoms with Gasteiger partial charge in [0.25, 0.3) is 0 Å². The van der Waals surface area contributed by atoms with Gasteiger partial charge in [-0.05, 0) is 13.0 Å². The number of rotatable bonds is 5. The third-order valence-corrected chi connectivity index (χ3v) is 2.72. The third kappa shape index (κ3) is 2.82. The number of pyridine rings is 1. The van der Waals surface area contributed by atoms with E-state index in [2.05, 4.69) is 10.3 Å². The van der Waals surface area contributed by atoms with Crippen LogP contribution in [0.2, 0.25) is 0 Å². The minimum Gasteiger partial charge on any atom is -0.462 e. The summed E-state index contributed by atoms with van der Waals surface area (Å²) < 4.78 is 5.05. The Balaban J connectivity index is 2.52. The molecule has 0 unspecified atom stereocenters. The summed E-state index contributed by atoms with van der Waals surface area (Å²) in [5, 5.41) is 4.07. The largest absolute Gasteiger partial charge is 0.462 e. The van der Waals surface area contributed by atoms with Gasteiger partial charge in [0.15, 0.2) is 0 Å². The molecule has 0 saturated carbocycles. The van der Waals surface area contributed by atoms with Gasteiger partial charge in [0, 0.05) is 24.7 Å². The quantitative estimate of drug-likeness (QED) is 0.800. The van der Waals surface area contributed by atoms with Gasteiger partial charge in [-0.2, -0.15) is 0 Å². The SMILES string of the molecule is CCOC(=O)c1cnc2ccccc2c1NCCN. The summed E-state index contributed by atoms with van der Waals surface area (Å²) in [7, 11) is 0. The van der Waals surface area contributed by atoms with E-state index in [1.54, 1.807) is 13.1 Å². The second kappa shape index (κ2) is 6.15. The van der Waals surface area contributed by atoms with Crippen LogP contribution >= 0.6 is 0 Å². The molecule has 0 amide bonds. The van der Waals surface area contributed by atoms with E-state index < -0.39 is 0 Å². The average molecular weight is 259 g/mol. The first-order valence-electron chi connectivity index (χ1n) is 6.26. The molecule has 100 valence electrons. The molecule has 0 aliphatic heterocycles. The number of fused-ring (bicyclic) bond motifs is 1. The molecular weight excluding hydrogens is 242 g/mol. The lowest BCUT2D eigenvalue weighted by molar-refractivity contribution is 0.0527. The highest BCUT2D eigenvalue weighted by Gasteiger charge is 2.15. The minimum atomic E-state index is -0.375. The highest BCUT2D eigenvalue weighted by molar-refractivity contribution is 6.04. The fraction of sp³-hybridized carbons (Fsp3) is 0.286. The first-order chi connectivity index (χ1) is 9.27. The van der Waals surface area contributed by atoms with Crippen molar-refractivity contribution in [2.75, 3.05) is 25.0 Å². The van der Waals surface area contributed by atoms with E-state index >= 15 is 0 Å². The Morgan fingerprint density at radius 3 is 2.95 bits per heavy atom. The van der Waals surface area contributed by atoms with Gasteiger partial charge in [-0.1, -0.05) is 18.2 Å². The first-order valence-corrected chi connectivity index (χ1v) is 6.26. The molecule has 0 bridgehead atoms. The highest BCUT2D eigenvalue weighted by Crippen LogP contribution is 2.26. The van der Waals surface area contributed by atoms with Crippen LogP contribution < -0.4 is 11.1 Å². The Bertz CT molecular complexity index is 584. The van der Waals surface area contributed by atoms with Crippen molar-refractivity contribution in [1.82, 2.24) is 4.98 Å². The molecular formula is C14H17N3O2. The molecule has 0 spiro atoms. The number of hydrogen-bond acceptors (Lipinski definition) is 5. The number of carbonyl (C=O) groups is 1. The standard InChI is InChI=1S/C14H17N3O2/c1-2-19-14(18)11-9-17-12-6-4-3-5-10(12)13(11)16-8-7-15/h3-6,9H,2,7-8,15H2,1H3,(H,16,17). The van der Waals surface area contributed by atoms with Crippen molar-refractivity contribution in [3.8, 4) is 0 Å². The molecule has 0 atom stereocenters. The van der Waals surface area contributed by atoms with E-state index in [9.17, 15) is 4.79 Å². The first kappa shape index (κ1) is 13.3. The monoisotopic (exact) mass is 259 g/mol. The molecule has 0 aliphatic carbocycles. The number of nitrogens with zero attached hydrogens (tertiary/aromatic N) is 1. The third-order valence-electron chi connectivity index (χ3n) is 2.72. The maximum absolute atomic E-state index is 11.9. The van der Waals surface area contributed by atoms with Crippen LogP contribution in [-0.4, -0.2) is 30.6 Å². The lowest BCUT2D eigenvalue weighted by Gasteiger charge is -2.13. The highest BCUT2D eigenvalue weighted by atomic mass is 16.5. The Labute approximate surface area is 111 Å². The molecule has 0 fully saturated rings. The number of esters is 1. The maximum Gasteiger partial charge on any atom is 0.341 e. The molecule has 2 rings (SSSR count). The molecule has 3 N–H and O–H groups in total. The Morgan fingerprint density at radius 2 is 2.21 bits per heavy atom. The van der Waals surface area contributed by atoms with Gasteiger partial charge in [0.05, 0.1) is 17.8 Å². The lowest BCUT2D eigenvalue weighted by Crippen LogP contribution is -2.16. The number of ether oxygens (including phenoxy) is 1. The molecule has 1 heterocycles. The number of nitrogens with one attached hydrogen (secondary N) is 1. The van der Waals surface area contributed by atoms with Gasteiger partial charge in [-0.25, -0.2) is 4.79 Å².